The third kappa shape index (κ3) is 2.79. The maximum atomic E-state index is 13.5. The van der Waals surface area contributed by atoms with E-state index in [9.17, 15) is 9.59 Å². The summed E-state index contributed by atoms with van der Waals surface area (Å²) < 4.78 is 0. The lowest BCUT2D eigenvalue weighted by Crippen LogP contribution is -2.59. The number of anilines is 1. The van der Waals surface area contributed by atoms with Crippen molar-refractivity contribution in [3.05, 3.63) is 42.0 Å². The Bertz CT molecular complexity index is 891. The summed E-state index contributed by atoms with van der Waals surface area (Å²) in [5.74, 6) is 2.42. The highest BCUT2D eigenvalue weighted by atomic mass is 16.1. The molecule has 1 aromatic rings. The van der Waals surface area contributed by atoms with Crippen LogP contribution in [0.25, 0.3) is 0 Å². The molecule has 7 atom stereocenters. The predicted octanol–water partition coefficient (Wildman–Crippen LogP) is 4.82. The molecule has 0 aromatic heterocycles. The minimum atomic E-state index is 0.0588. The van der Waals surface area contributed by atoms with Crippen LogP contribution in [-0.4, -0.2) is 24.8 Å². The summed E-state index contributed by atoms with van der Waals surface area (Å²) in [6, 6.07) is 8.25. The van der Waals surface area contributed by atoms with Crippen molar-refractivity contribution >= 4 is 17.4 Å². The first kappa shape index (κ1) is 19.8. The number of amides is 1. The summed E-state index contributed by atoms with van der Waals surface area (Å²) in [4.78, 5) is 25.4. The summed E-state index contributed by atoms with van der Waals surface area (Å²) in [5.41, 5.74) is 2.06. The number of carbonyl (C=O) groups excluding carboxylic acids is 2. The smallest absolute Gasteiger partial charge is 0.243 e. The van der Waals surface area contributed by atoms with Crippen molar-refractivity contribution in [2.75, 3.05) is 12.4 Å². The molecule has 5 rings (SSSR count). The molecule has 2 unspecified atom stereocenters. The monoisotopic (exact) mass is 406 g/mol. The Morgan fingerprint density at radius 3 is 2.53 bits per heavy atom. The summed E-state index contributed by atoms with van der Waals surface area (Å²) in [7, 11) is 1.90. The topological polar surface area (TPSA) is 58.2 Å². The Morgan fingerprint density at radius 1 is 1.03 bits per heavy atom. The van der Waals surface area contributed by atoms with Crippen LogP contribution >= 0.6 is 0 Å². The molecule has 0 spiro atoms. The van der Waals surface area contributed by atoms with E-state index in [1.54, 1.807) is 6.08 Å². The largest absolute Gasteiger partial charge is 0.388 e. The number of nitrogens with one attached hydrogen (secondary N) is 2. The van der Waals surface area contributed by atoms with E-state index in [1.165, 1.54) is 12.8 Å². The number of hydrogen-bond donors (Lipinski definition) is 2. The highest BCUT2D eigenvalue weighted by molar-refractivity contribution is 5.98. The van der Waals surface area contributed by atoms with Gasteiger partial charge in [0.1, 0.15) is 0 Å². The van der Waals surface area contributed by atoms with E-state index in [1.807, 2.05) is 31.3 Å². The van der Waals surface area contributed by atoms with E-state index in [0.29, 0.717) is 23.5 Å². The second-order valence-corrected chi connectivity index (χ2v) is 10.6. The van der Waals surface area contributed by atoms with Crippen molar-refractivity contribution in [3.63, 3.8) is 0 Å². The van der Waals surface area contributed by atoms with Crippen LogP contribution in [0.3, 0.4) is 0 Å². The maximum Gasteiger partial charge on any atom is 0.243 e. The van der Waals surface area contributed by atoms with Crippen LogP contribution in [0.4, 0.5) is 5.69 Å². The van der Waals surface area contributed by atoms with E-state index in [-0.39, 0.29) is 28.7 Å². The summed E-state index contributed by atoms with van der Waals surface area (Å²) >= 11 is 0. The lowest BCUT2D eigenvalue weighted by molar-refractivity contribution is -0.122. The second-order valence-electron chi connectivity index (χ2n) is 10.6. The molecule has 2 N–H and O–H groups in total. The number of ketones is 1. The molecule has 1 aromatic carbocycles. The number of fused-ring (bicyclic) bond motifs is 5. The molecule has 0 radical (unpaired) electrons. The van der Waals surface area contributed by atoms with Gasteiger partial charge in [-0.25, -0.2) is 0 Å². The van der Waals surface area contributed by atoms with Crippen molar-refractivity contribution in [3.8, 4) is 0 Å². The average Bonchev–Trinajstić information content (AvgIpc) is 3.11. The molecule has 4 heteroatoms. The number of Topliss-reactive ketones (excluding diaryl/α,β-unsaturated/α-hetero) is 1. The molecule has 4 nitrogen and oxygen atoms in total. The maximum absolute atomic E-state index is 13.5. The standard InChI is InChI=1S/C26H34N2O2/c1-25-14-12-20-18(8-11-22-26(20,2)15-13-23(29)28-22)19(25)9-10-21(25)24(30)16-4-6-17(27-3)7-5-16/h4-7,13,15,18-22,27H,8-12,14H2,1-3H3,(H,28,29)/t18-,19-,20+,21?,22?,25-,26+/m0/s1. The van der Waals surface area contributed by atoms with Gasteiger partial charge in [0.2, 0.25) is 5.91 Å². The zero-order valence-electron chi connectivity index (χ0n) is 18.4. The van der Waals surface area contributed by atoms with Gasteiger partial charge in [-0.15, -0.1) is 0 Å². The highest BCUT2D eigenvalue weighted by Crippen LogP contribution is 2.65. The molecule has 0 saturated heterocycles. The zero-order chi connectivity index (χ0) is 21.1. The van der Waals surface area contributed by atoms with Gasteiger partial charge in [0.05, 0.1) is 0 Å². The normalized spacial score (nSPS) is 42.0. The van der Waals surface area contributed by atoms with E-state index in [4.69, 9.17) is 0 Å². The molecule has 3 saturated carbocycles. The average molecular weight is 407 g/mol. The minimum Gasteiger partial charge on any atom is -0.388 e. The van der Waals surface area contributed by atoms with E-state index < -0.39 is 0 Å². The first-order chi connectivity index (χ1) is 14.4. The van der Waals surface area contributed by atoms with Crippen molar-refractivity contribution < 1.29 is 9.59 Å². The number of benzene rings is 1. The van der Waals surface area contributed by atoms with Crippen molar-refractivity contribution in [2.45, 2.75) is 58.4 Å². The molecule has 1 amide bonds. The van der Waals surface area contributed by atoms with Gasteiger partial charge in [-0.3, -0.25) is 9.59 Å². The fourth-order valence-corrected chi connectivity index (χ4v) is 7.77. The summed E-state index contributed by atoms with van der Waals surface area (Å²) in [5, 5.41) is 6.37. The van der Waals surface area contributed by atoms with E-state index >= 15 is 0 Å². The fourth-order valence-electron chi connectivity index (χ4n) is 7.77. The van der Waals surface area contributed by atoms with Crippen LogP contribution in [0.1, 0.15) is 62.7 Å². The Kier molecular flexibility index (Phi) is 4.61. The van der Waals surface area contributed by atoms with Crippen LogP contribution in [0.2, 0.25) is 0 Å². The number of rotatable bonds is 3. The third-order valence-electron chi connectivity index (χ3n) is 9.46. The Balaban J connectivity index is 1.40. The minimum absolute atomic E-state index is 0.0588. The predicted molar refractivity (Wildman–Crippen MR) is 119 cm³/mol. The highest BCUT2D eigenvalue weighted by Gasteiger charge is 2.60. The van der Waals surface area contributed by atoms with Gasteiger partial charge in [-0.1, -0.05) is 19.9 Å². The van der Waals surface area contributed by atoms with Gasteiger partial charge in [0, 0.05) is 35.7 Å². The lowest BCUT2D eigenvalue weighted by Gasteiger charge is -2.58. The van der Waals surface area contributed by atoms with E-state index in [0.717, 1.165) is 36.9 Å². The first-order valence-electron chi connectivity index (χ1n) is 11.7. The Hall–Kier alpha value is -2.10. The quantitative estimate of drug-likeness (QED) is 0.707. The molecular weight excluding hydrogens is 372 g/mol. The molecule has 4 aliphatic rings. The summed E-state index contributed by atoms with van der Waals surface area (Å²) in [6.07, 6.45) is 10.7. The summed E-state index contributed by atoms with van der Waals surface area (Å²) in [6.45, 7) is 4.76. The van der Waals surface area contributed by atoms with Crippen LogP contribution in [0.5, 0.6) is 0 Å². The molecule has 0 bridgehead atoms. The van der Waals surface area contributed by atoms with Gasteiger partial charge in [-0.05, 0) is 92.0 Å². The fraction of sp³-hybridized carbons (Fsp3) is 0.615. The van der Waals surface area contributed by atoms with Crippen molar-refractivity contribution in [1.82, 2.24) is 5.32 Å². The van der Waals surface area contributed by atoms with Gasteiger partial charge < -0.3 is 10.6 Å². The lowest BCUT2D eigenvalue weighted by atomic mass is 9.47. The zero-order valence-corrected chi connectivity index (χ0v) is 18.4. The molecule has 3 fully saturated rings. The van der Waals surface area contributed by atoms with Gasteiger partial charge in [0.15, 0.2) is 5.78 Å². The van der Waals surface area contributed by atoms with Crippen molar-refractivity contribution in [2.24, 2.45) is 34.5 Å². The Labute approximate surface area is 179 Å². The number of hydrogen-bond acceptors (Lipinski definition) is 3. The van der Waals surface area contributed by atoms with E-state index in [2.05, 4.69) is 30.6 Å². The van der Waals surface area contributed by atoms with Gasteiger partial charge in [0.25, 0.3) is 0 Å². The van der Waals surface area contributed by atoms with Crippen LogP contribution in [0, 0.1) is 34.5 Å². The molecule has 30 heavy (non-hydrogen) atoms. The van der Waals surface area contributed by atoms with Crippen molar-refractivity contribution in [1.29, 1.82) is 0 Å². The first-order valence-corrected chi connectivity index (χ1v) is 11.7. The SMILES string of the molecule is CNc1ccc(C(=O)C2CC[C@H]3[C@@H]4CCC5NC(=O)C=C[C@]5(C)[C@@H]4CC[C@]23C)cc1. The Morgan fingerprint density at radius 2 is 1.80 bits per heavy atom. The van der Waals surface area contributed by atoms with Crippen LogP contribution in [-0.2, 0) is 4.79 Å². The molecule has 1 aliphatic heterocycles. The van der Waals surface area contributed by atoms with Crippen LogP contribution in [0.15, 0.2) is 36.4 Å². The van der Waals surface area contributed by atoms with Crippen LogP contribution < -0.4 is 10.6 Å². The van der Waals surface area contributed by atoms with Gasteiger partial charge in [-0.2, -0.15) is 0 Å². The molecular formula is C26H34N2O2. The number of carbonyl (C=O) groups is 2. The molecule has 1 heterocycles. The second kappa shape index (κ2) is 6.96. The molecule has 3 aliphatic carbocycles. The third-order valence-corrected chi connectivity index (χ3v) is 9.46. The van der Waals surface area contributed by atoms with Gasteiger partial charge >= 0.3 is 0 Å². The molecule has 160 valence electrons.